The van der Waals surface area contributed by atoms with Crippen molar-refractivity contribution in [1.82, 2.24) is 0 Å². The van der Waals surface area contributed by atoms with Crippen LogP contribution in [0.3, 0.4) is 0 Å². The molecule has 5 nitrogen and oxygen atoms in total. The van der Waals surface area contributed by atoms with Gasteiger partial charge in [-0.2, -0.15) is 0 Å². The molecule has 2 bridgehead atoms. The van der Waals surface area contributed by atoms with Crippen LogP contribution in [-0.4, -0.2) is 29.7 Å². The third-order valence-electron chi connectivity index (χ3n) is 4.46. The van der Waals surface area contributed by atoms with Crippen LogP contribution in [0.15, 0.2) is 42.5 Å². The van der Waals surface area contributed by atoms with Crippen molar-refractivity contribution in [2.45, 2.75) is 38.8 Å². The highest BCUT2D eigenvalue weighted by molar-refractivity contribution is 5.87. The van der Waals surface area contributed by atoms with Gasteiger partial charge in [-0.15, -0.1) is 0 Å². The molecule has 0 saturated carbocycles. The molecule has 1 aromatic carbocycles. The van der Waals surface area contributed by atoms with Crippen molar-refractivity contribution in [3.05, 3.63) is 42.5 Å². The van der Waals surface area contributed by atoms with Crippen molar-refractivity contribution in [2.24, 2.45) is 11.8 Å². The summed E-state index contributed by atoms with van der Waals surface area (Å²) >= 11 is 0. The summed E-state index contributed by atoms with van der Waals surface area (Å²) in [4.78, 5) is 24.7. The van der Waals surface area contributed by atoms with Gasteiger partial charge >= 0.3 is 5.97 Å². The van der Waals surface area contributed by atoms with E-state index < -0.39 is 23.8 Å². The number of esters is 1. The Balaban J connectivity index is 1.70. The van der Waals surface area contributed by atoms with Gasteiger partial charge in [0.25, 0.3) is 0 Å². The zero-order valence-electron chi connectivity index (χ0n) is 13.4. The molecule has 2 aliphatic rings. The van der Waals surface area contributed by atoms with E-state index in [1.54, 1.807) is 38.1 Å². The molecular formula is C18H20O5. The van der Waals surface area contributed by atoms with Crippen molar-refractivity contribution < 1.29 is 23.8 Å². The van der Waals surface area contributed by atoms with Crippen molar-refractivity contribution in [3.8, 4) is 5.75 Å². The normalized spacial score (nSPS) is 33.3. The molecule has 5 atom stereocenters. The molecule has 2 aliphatic heterocycles. The van der Waals surface area contributed by atoms with Gasteiger partial charge < -0.3 is 14.2 Å². The number of hydrogen-bond donors (Lipinski definition) is 0. The summed E-state index contributed by atoms with van der Waals surface area (Å²) in [5, 5.41) is 0. The van der Waals surface area contributed by atoms with E-state index in [1.165, 1.54) is 0 Å². The highest BCUT2D eigenvalue weighted by atomic mass is 16.7. The lowest BCUT2D eigenvalue weighted by Crippen LogP contribution is -2.53. The number of hydrogen-bond acceptors (Lipinski definition) is 5. The van der Waals surface area contributed by atoms with Crippen molar-refractivity contribution >= 4 is 11.8 Å². The first kappa shape index (κ1) is 15.7. The molecule has 5 heteroatoms. The fourth-order valence-corrected chi connectivity index (χ4v) is 2.93. The Morgan fingerprint density at radius 1 is 1.26 bits per heavy atom. The van der Waals surface area contributed by atoms with Gasteiger partial charge in [-0.05, 0) is 32.1 Å². The average molecular weight is 316 g/mol. The molecule has 0 aliphatic carbocycles. The first-order valence-corrected chi connectivity index (χ1v) is 7.78. The third kappa shape index (κ3) is 2.77. The Kier molecular flexibility index (Phi) is 3.98. The Hall–Kier alpha value is -2.14. The van der Waals surface area contributed by atoms with Gasteiger partial charge in [0.15, 0.2) is 6.10 Å². The number of rotatable bonds is 4. The van der Waals surface area contributed by atoms with Crippen LogP contribution in [0.1, 0.15) is 20.8 Å². The summed E-state index contributed by atoms with van der Waals surface area (Å²) in [5.74, 6) is -2.02. The summed E-state index contributed by atoms with van der Waals surface area (Å²) in [7, 11) is 0. The summed E-state index contributed by atoms with van der Waals surface area (Å²) in [6.45, 7) is 5.16. The third-order valence-corrected chi connectivity index (χ3v) is 4.46. The number of fused-ring (bicyclic) bond motifs is 2. The van der Waals surface area contributed by atoms with E-state index in [2.05, 4.69) is 0 Å². The van der Waals surface area contributed by atoms with Gasteiger partial charge in [0.2, 0.25) is 5.79 Å². The molecule has 1 fully saturated rings. The Labute approximate surface area is 135 Å². The fourth-order valence-electron chi connectivity index (χ4n) is 2.93. The van der Waals surface area contributed by atoms with Gasteiger partial charge in [-0.3, -0.25) is 4.79 Å². The minimum absolute atomic E-state index is 0.0377. The van der Waals surface area contributed by atoms with Gasteiger partial charge in [-0.1, -0.05) is 31.2 Å². The van der Waals surface area contributed by atoms with Crippen molar-refractivity contribution in [1.29, 1.82) is 0 Å². The highest BCUT2D eigenvalue weighted by Gasteiger charge is 2.55. The Bertz CT molecular complexity index is 638. The van der Waals surface area contributed by atoms with E-state index >= 15 is 0 Å². The predicted molar refractivity (Wildman–Crippen MR) is 82.7 cm³/mol. The standard InChI is InChI=1S/C18H20O5/c1-11-15-9-10-18(22-15,12(2)16(11)19)23-17(20)13(3)21-14-7-5-4-6-8-14/h4-13,15H,1-3H3/t11-,12-,13?,15-,18+/m0/s1. The molecule has 0 spiro atoms. The van der Waals surface area contributed by atoms with Crippen LogP contribution in [0.4, 0.5) is 0 Å². The number of carbonyl (C=O) groups excluding carboxylic acids is 2. The topological polar surface area (TPSA) is 61.8 Å². The maximum absolute atomic E-state index is 12.4. The second-order valence-corrected chi connectivity index (χ2v) is 6.07. The molecule has 2 heterocycles. The number of ether oxygens (including phenoxy) is 3. The zero-order valence-corrected chi connectivity index (χ0v) is 13.4. The summed E-state index contributed by atoms with van der Waals surface area (Å²) in [6, 6.07) is 9.03. The summed E-state index contributed by atoms with van der Waals surface area (Å²) in [5.41, 5.74) is 0. The highest BCUT2D eigenvalue weighted by Crippen LogP contribution is 2.42. The summed E-state index contributed by atoms with van der Waals surface area (Å²) in [6.07, 6.45) is 2.33. The van der Waals surface area contributed by atoms with Crippen molar-refractivity contribution in [2.75, 3.05) is 0 Å². The second-order valence-electron chi connectivity index (χ2n) is 6.07. The van der Waals surface area contributed by atoms with E-state index in [4.69, 9.17) is 14.2 Å². The van der Waals surface area contributed by atoms with Gasteiger partial charge in [0.1, 0.15) is 11.5 Å². The van der Waals surface area contributed by atoms with Crippen molar-refractivity contribution in [3.63, 3.8) is 0 Å². The van der Waals surface area contributed by atoms with Crippen LogP contribution in [0.5, 0.6) is 5.75 Å². The van der Waals surface area contributed by atoms with Crippen LogP contribution < -0.4 is 4.74 Å². The molecule has 0 N–H and O–H groups in total. The van der Waals surface area contributed by atoms with E-state index in [0.717, 1.165) is 0 Å². The smallest absolute Gasteiger partial charge is 0.349 e. The van der Waals surface area contributed by atoms with Gasteiger partial charge in [0.05, 0.1) is 12.0 Å². The van der Waals surface area contributed by atoms with Crippen LogP contribution in [0.2, 0.25) is 0 Å². The number of benzene rings is 1. The largest absolute Gasteiger partial charge is 0.479 e. The molecule has 122 valence electrons. The Morgan fingerprint density at radius 2 is 1.96 bits per heavy atom. The van der Waals surface area contributed by atoms with Gasteiger partial charge in [0, 0.05) is 5.92 Å². The van der Waals surface area contributed by atoms with Crippen LogP contribution in [-0.2, 0) is 19.1 Å². The Morgan fingerprint density at radius 3 is 2.65 bits per heavy atom. The lowest BCUT2D eigenvalue weighted by atomic mass is 9.86. The first-order chi connectivity index (χ1) is 10.9. The molecule has 1 unspecified atom stereocenters. The molecule has 0 radical (unpaired) electrons. The molecule has 0 amide bonds. The predicted octanol–water partition coefficient (Wildman–Crippen LogP) is 2.50. The zero-order chi connectivity index (χ0) is 16.6. The monoisotopic (exact) mass is 316 g/mol. The SMILES string of the molecule is CC(Oc1ccccc1)C(=O)O[C@@]12C=C[C@H](O1)[C@H](C)C(=O)[C@@H]2C. The maximum Gasteiger partial charge on any atom is 0.349 e. The lowest BCUT2D eigenvalue weighted by molar-refractivity contribution is -0.249. The number of para-hydroxylation sites is 1. The number of carbonyl (C=O) groups is 2. The molecule has 1 aromatic rings. The molecule has 3 rings (SSSR count). The summed E-state index contributed by atoms with van der Waals surface area (Å²) < 4.78 is 16.9. The molecule has 23 heavy (non-hydrogen) atoms. The second kappa shape index (κ2) is 5.81. The first-order valence-electron chi connectivity index (χ1n) is 7.78. The fraction of sp³-hybridized carbons (Fsp3) is 0.444. The van der Waals surface area contributed by atoms with E-state index in [9.17, 15) is 9.59 Å². The molecular weight excluding hydrogens is 296 g/mol. The number of Topliss-reactive ketones (excluding diaryl/α,β-unsaturated/α-hetero) is 1. The van der Waals surface area contributed by atoms with Crippen LogP contribution in [0, 0.1) is 11.8 Å². The van der Waals surface area contributed by atoms with E-state index in [0.29, 0.717) is 5.75 Å². The van der Waals surface area contributed by atoms with E-state index in [-0.39, 0.29) is 17.8 Å². The minimum atomic E-state index is -1.31. The van der Waals surface area contributed by atoms with Gasteiger partial charge in [-0.25, -0.2) is 4.79 Å². The average Bonchev–Trinajstić information content (AvgIpc) is 2.95. The number of ketones is 1. The molecule has 0 aromatic heterocycles. The maximum atomic E-state index is 12.4. The quantitative estimate of drug-likeness (QED) is 0.631. The minimum Gasteiger partial charge on any atom is -0.479 e. The van der Waals surface area contributed by atoms with Crippen LogP contribution >= 0.6 is 0 Å². The lowest BCUT2D eigenvalue weighted by Gasteiger charge is -2.39. The van der Waals surface area contributed by atoms with E-state index in [1.807, 2.05) is 25.1 Å². The molecule has 1 saturated heterocycles. The van der Waals surface area contributed by atoms with Crippen LogP contribution in [0.25, 0.3) is 0 Å².